The molecule has 0 aliphatic carbocycles. The third-order valence-corrected chi connectivity index (χ3v) is 7.11. The topological polar surface area (TPSA) is 105 Å². The highest BCUT2D eigenvalue weighted by molar-refractivity contribution is 5.79. The number of nitrogens with one attached hydrogen (secondary N) is 1. The zero-order valence-corrected chi connectivity index (χ0v) is 24.1. The molecule has 13 heteroatoms. The fourth-order valence-corrected chi connectivity index (χ4v) is 5.12. The van der Waals surface area contributed by atoms with Crippen molar-refractivity contribution in [1.29, 1.82) is 0 Å². The predicted octanol–water partition coefficient (Wildman–Crippen LogP) is 4.73. The number of alkyl halides is 3. The summed E-state index contributed by atoms with van der Waals surface area (Å²) in [4.78, 5) is 49.7. The number of benzene rings is 1. The van der Waals surface area contributed by atoms with Crippen molar-refractivity contribution in [1.82, 2.24) is 25.1 Å². The van der Waals surface area contributed by atoms with E-state index < -0.39 is 41.3 Å². The second-order valence-corrected chi connectivity index (χ2v) is 11.9. The molecular weight excluding hydrogens is 558 g/mol. The molecule has 228 valence electrons. The fourth-order valence-electron chi connectivity index (χ4n) is 5.12. The van der Waals surface area contributed by atoms with E-state index in [1.54, 1.807) is 25.7 Å². The molecule has 3 heterocycles. The minimum absolute atomic E-state index is 0.00694. The van der Waals surface area contributed by atoms with Crippen LogP contribution in [-0.2, 0) is 33.5 Å². The van der Waals surface area contributed by atoms with E-state index in [1.165, 1.54) is 17.0 Å². The second kappa shape index (κ2) is 12.2. The maximum absolute atomic E-state index is 14.0. The Morgan fingerprint density at radius 2 is 1.81 bits per heavy atom. The highest BCUT2D eigenvalue weighted by Crippen LogP contribution is 2.35. The summed E-state index contributed by atoms with van der Waals surface area (Å²) in [6, 6.07) is 4.01. The van der Waals surface area contributed by atoms with Crippen LogP contribution < -0.4 is 5.32 Å². The molecule has 1 N–H and O–H groups in total. The van der Waals surface area contributed by atoms with Crippen molar-refractivity contribution in [2.24, 2.45) is 5.92 Å². The lowest BCUT2D eigenvalue weighted by Gasteiger charge is -2.35. The number of likely N-dealkylation sites (tertiary alicyclic amines) is 1. The first kappa shape index (κ1) is 31.2. The summed E-state index contributed by atoms with van der Waals surface area (Å²) < 4.78 is 60.7. The van der Waals surface area contributed by atoms with Gasteiger partial charge in [0.15, 0.2) is 11.5 Å². The van der Waals surface area contributed by atoms with Gasteiger partial charge in [0.25, 0.3) is 0 Å². The number of ether oxygens (including phenoxy) is 1. The molecule has 1 saturated heterocycles. The van der Waals surface area contributed by atoms with Crippen molar-refractivity contribution in [2.45, 2.75) is 77.7 Å². The molecule has 4 rings (SSSR count). The molecule has 0 radical (unpaired) electrons. The molecule has 2 aliphatic rings. The highest BCUT2D eigenvalue weighted by Gasteiger charge is 2.39. The summed E-state index contributed by atoms with van der Waals surface area (Å²) in [5, 5.41) is 2.70. The number of fused-ring (bicyclic) bond motifs is 1. The van der Waals surface area contributed by atoms with E-state index in [1.807, 2.05) is 6.92 Å². The van der Waals surface area contributed by atoms with Crippen molar-refractivity contribution in [3.05, 3.63) is 47.0 Å². The largest absolute Gasteiger partial charge is 0.444 e. The van der Waals surface area contributed by atoms with E-state index in [-0.39, 0.29) is 66.9 Å². The zero-order chi connectivity index (χ0) is 30.8. The van der Waals surface area contributed by atoms with Crippen LogP contribution in [0.4, 0.5) is 22.4 Å². The maximum Gasteiger partial charge on any atom is 0.433 e. The molecule has 2 aliphatic heterocycles. The van der Waals surface area contributed by atoms with Crippen LogP contribution in [0.2, 0.25) is 0 Å². The smallest absolute Gasteiger partial charge is 0.433 e. The number of piperidine rings is 1. The number of alkyl carbamates (subject to hydrolysis) is 1. The Morgan fingerprint density at radius 3 is 2.45 bits per heavy atom. The number of hydrogen-bond acceptors (Lipinski definition) is 6. The van der Waals surface area contributed by atoms with E-state index in [0.29, 0.717) is 13.0 Å². The van der Waals surface area contributed by atoms with E-state index >= 15 is 0 Å². The third kappa shape index (κ3) is 7.95. The van der Waals surface area contributed by atoms with E-state index in [2.05, 4.69) is 15.3 Å². The van der Waals surface area contributed by atoms with Gasteiger partial charge in [-0.25, -0.2) is 19.2 Å². The molecule has 3 amide bonds. The minimum atomic E-state index is -4.76. The number of amides is 3. The Hall–Kier alpha value is -3.77. The van der Waals surface area contributed by atoms with Gasteiger partial charge in [-0.1, -0.05) is 6.92 Å². The van der Waals surface area contributed by atoms with Gasteiger partial charge in [-0.3, -0.25) is 9.59 Å². The molecule has 2 aromatic rings. The number of hydrogen-bond donors (Lipinski definition) is 1. The number of carbonyl (C=O) groups is 3. The first-order valence-corrected chi connectivity index (χ1v) is 13.9. The summed E-state index contributed by atoms with van der Waals surface area (Å²) in [7, 11) is 0. The lowest BCUT2D eigenvalue weighted by atomic mass is 9.98. The molecule has 0 spiro atoms. The highest BCUT2D eigenvalue weighted by atomic mass is 19.4. The molecule has 0 bridgehead atoms. The number of nitrogens with zero attached hydrogens (tertiary/aromatic N) is 4. The Kier molecular flexibility index (Phi) is 9.07. The first-order chi connectivity index (χ1) is 19.6. The van der Waals surface area contributed by atoms with E-state index in [4.69, 9.17) is 4.74 Å². The zero-order valence-electron chi connectivity index (χ0n) is 24.1. The predicted molar refractivity (Wildman–Crippen MR) is 144 cm³/mol. The quantitative estimate of drug-likeness (QED) is 0.486. The van der Waals surface area contributed by atoms with E-state index in [0.717, 1.165) is 18.6 Å². The van der Waals surface area contributed by atoms with Gasteiger partial charge in [-0.05, 0) is 63.8 Å². The normalized spacial score (nSPS) is 18.4. The molecule has 1 aromatic heterocycles. The maximum atomic E-state index is 14.0. The molecule has 1 fully saturated rings. The Labute approximate surface area is 241 Å². The summed E-state index contributed by atoms with van der Waals surface area (Å²) in [5.74, 6) is -1.02. The van der Waals surface area contributed by atoms with Crippen molar-refractivity contribution in [3.8, 4) is 11.4 Å². The monoisotopic (exact) mass is 593 g/mol. The van der Waals surface area contributed by atoms with Gasteiger partial charge < -0.3 is 19.9 Å². The first-order valence-electron chi connectivity index (χ1n) is 13.9. The number of rotatable bonds is 6. The molecule has 2 atom stereocenters. The lowest BCUT2D eigenvalue weighted by molar-refractivity contribution is -0.142. The van der Waals surface area contributed by atoms with Crippen molar-refractivity contribution >= 4 is 17.9 Å². The number of carbonyl (C=O) groups excluding carboxylic acids is 3. The van der Waals surface area contributed by atoms with Gasteiger partial charge >= 0.3 is 12.3 Å². The number of halogens is 4. The molecule has 9 nitrogen and oxygen atoms in total. The number of aromatic nitrogens is 2. The SMILES string of the molecule is C[C@@H]1CCC(=O)N(C[C@H](CC(=O)N2CCc3c(nc(-c4ccc(F)cc4)nc3C(F)(F)F)C2)NC(=O)OC(C)(C)C)C1. The van der Waals surface area contributed by atoms with Crippen LogP contribution in [0.5, 0.6) is 0 Å². The van der Waals surface area contributed by atoms with Gasteiger partial charge in [0.1, 0.15) is 11.4 Å². The van der Waals surface area contributed by atoms with Crippen molar-refractivity contribution < 1.29 is 36.7 Å². The van der Waals surface area contributed by atoms with Gasteiger partial charge in [-0.2, -0.15) is 13.2 Å². The minimum Gasteiger partial charge on any atom is -0.444 e. The Balaban J connectivity index is 1.56. The van der Waals surface area contributed by atoms with Crippen LogP contribution in [0, 0.1) is 11.7 Å². The van der Waals surface area contributed by atoms with Crippen LogP contribution in [0.1, 0.15) is 63.9 Å². The van der Waals surface area contributed by atoms with Crippen LogP contribution in [0.3, 0.4) is 0 Å². The van der Waals surface area contributed by atoms with Crippen LogP contribution in [-0.4, -0.2) is 69.0 Å². The Bertz CT molecular complexity index is 1330. The average Bonchev–Trinajstić information content (AvgIpc) is 2.88. The van der Waals surface area contributed by atoms with Gasteiger partial charge in [0.2, 0.25) is 11.8 Å². The van der Waals surface area contributed by atoms with Crippen LogP contribution >= 0.6 is 0 Å². The molecular formula is C29H35F4N5O4. The second-order valence-electron chi connectivity index (χ2n) is 11.9. The van der Waals surface area contributed by atoms with Crippen molar-refractivity contribution in [3.63, 3.8) is 0 Å². The van der Waals surface area contributed by atoms with E-state index in [9.17, 15) is 31.9 Å². The molecule has 42 heavy (non-hydrogen) atoms. The standard InChI is InChI=1S/C29H35F4N5O4/c1-17-5-10-23(39)38(14-17)15-20(34-27(41)42-28(2,3)4)13-24(40)37-12-11-21-22(16-37)35-26(36-25(21)29(31,32)33)18-6-8-19(30)9-7-18/h6-9,17,20H,5,10-16H2,1-4H3,(H,34,41)/t17-,20+/m1/s1. The van der Waals surface area contributed by atoms with Crippen molar-refractivity contribution in [2.75, 3.05) is 19.6 Å². The fraction of sp³-hybridized carbons (Fsp3) is 0.552. The Morgan fingerprint density at radius 1 is 1.12 bits per heavy atom. The molecule has 0 saturated carbocycles. The van der Waals surface area contributed by atoms with Gasteiger partial charge in [-0.15, -0.1) is 0 Å². The third-order valence-electron chi connectivity index (χ3n) is 7.11. The summed E-state index contributed by atoms with van der Waals surface area (Å²) in [5.41, 5.74) is -1.71. The lowest BCUT2D eigenvalue weighted by Crippen LogP contribution is -2.51. The van der Waals surface area contributed by atoms with Crippen LogP contribution in [0.15, 0.2) is 24.3 Å². The summed E-state index contributed by atoms with van der Waals surface area (Å²) in [6.07, 6.45) is -4.69. The van der Waals surface area contributed by atoms with Gasteiger partial charge in [0.05, 0.1) is 18.3 Å². The summed E-state index contributed by atoms with van der Waals surface area (Å²) >= 11 is 0. The molecule has 1 aromatic carbocycles. The van der Waals surface area contributed by atoms with Gasteiger partial charge in [0, 0.05) is 43.6 Å². The molecule has 0 unspecified atom stereocenters. The summed E-state index contributed by atoms with van der Waals surface area (Å²) in [6.45, 7) is 7.48. The van der Waals surface area contributed by atoms with Crippen LogP contribution in [0.25, 0.3) is 11.4 Å². The average molecular weight is 594 g/mol.